The molecule has 0 fully saturated rings. The van der Waals surface area contributed by atoms with Crippen molar-refractivity contribution in [2.45, 2.75) is 4.90 Å². The Bertz CT molecular complexity index is 999. The molecule has 0 saturated heterocycles. The van der Waals surface area contributed by atoms with E-state index in [1.165, 1.54) is 6.26 Å². The second-order valence-electron chi connectivity index (χ2n) is 5.54. The summed E-state index contributed by atoms with van der Waals surface area (Å²) in [6, 6.07) is 12.1. The van der Waals surface area contributed by atoms with Crippen LogP contribution in [0.15, 0.2) is 59.8 Å². The Labute approximate surface area is 146 Å². The van der Waals surface area contributed by atoms with Gasteiger partial charge in [0, 0.05) is 41.4 Å². The van der Waals surface area contributed by atoms with Crippen LogP contribution in [0, 0.1) is 0 Å². The first-order valence-electron chi connectivity index (χ1n) is 7.45. The summed E-state index contributed by atoms with van der Waals surface area (Å²) >= 11 is 0. The number of rotatable bonds is 4. The van der Waals surface area contributed by atoms with E-state index < -0.39 is 9.84 Å². The maximum atomic E-state index is 11.6. The first-order chi connectivity index (χ1) is 11.9. The maximum absolute atomic E-state index is 11.6. The molecule has 1 aromatic carbocycles. The molecule has 0 amide bonds. The molecule has 0 aliphatic heterocycles. The quantitative estimate of drug-likeness (QED) is 0.773. The van der Waals surface area contributed by atoms with Crippen LogP contribution in [0.1, 0.15) is 0 Å². The summed E-state index contributed by atoms with van der Waals surface area (Å²) < 4.78 is 28.2. The molecule has 7 heteroatoms. The van der Waals surface area contributed by atoms with Crippen molar-refractivity contribution in [3.05, 3.63) is 54.9 Å². The van der Waals surface area contributed by atoms with Crippen LogP contribution in [0.25, 0.3) is 22.3 Å². The van der Waals surface area contributed by atoms with Gasteiger partial charge in [-0.3, -0.25) is 0 Å². The lowest BCUT2D eigenvalue weighted by molar-refractivity contribution is 0.398. The van der Waals surface area contributed by atoms with E-state index in [9.17, 15) is 8.42 Å². The van der Waals surface area contributed by atoms with Crippen LogP contribution >= 0.6 is 0 Å². The smallest absolute Gasteiger partial charge is 0.212 e. The number of anilines is 1. The van der Waals surface area contributed by atoms with E-state index in [0.29, 0.717) is 11.7 Å². The number of nitrogen functional groups attached to an aromatic ring is 1. The molecule has 0 atom stereocenters. The minimum atomic E-state index is -3.24. The molecular weight excluding hydrogens is 338 g/mol. The molecule has 3 aromatic rings. The molecule has 0 saturated carbocycles. The average Bonchev–Trinajstić information content (AvgIpc) is 2.62. The number of pyridine rings is 2. The molecule has 0 spiro atoms. The van der Waals surface area contributed by atoms with Gasteiger partial charge in [0.1, 0.15) is 5.82 Å². The first-order valence-corrected chi connectivity index (χ1v) is 9.34. The Morgan fingerprint density at radius 2 is 1.56 bits per heavy atom. The van der Waals surface area contributed by atoms with Crippen molar-refractivity contribution in [2.75, 3.05) is 19.1 Å². The minimum Gasteiger partial charge on any atom is -0.481 e. The molecular formula is C18H17N3O3S. The van der Waals surface area contributed by atoms with Gasteiger partial charge in [-0.05, 0) is 29.8 Å². The monoisotopic (exact) mass is 355 g/mol. The fourth-order valence-corrected chi connectivity index (χ4v) is 3.05. The highest BCUT2D eigenvalue weighted by Gasteiger charge is 2.10. The molecule has 3 rings (SSSR count). The molecule has 128 valence electrons. The highest BCUT2D eigenvalue weighted by atomic mass is 32.2. The molecule has 2 aromatic heterocycles. The lowest BCUT2D eigenvalue weighted by Crippen LogP contribution is -1.98. The van der Waals surface area contributed by atoms with Gasteiger partial charge in [0.05, 0.1) is 12.0 Å². The van der Waals surface area contributed by atoms with E-state index in [4.69, 9.17) is 10.5 Å². The van der Waals surface area contributed by atoms with Crippen LogP contribution in [0.3, 0.4) is 0 Å². The first kappa shape index (κ1) is 16.9. The maximum Gasteiger partial charge on any atom is 0.212 e. The molecule has 6 nitrogen and oxygen atoms in total. The molecule has 0 bridgehead atoms. The standard InChI is InChI=1S/C18H17N3O3S/c1-24-17-8-5-13(10-20-17)14-9-16(18(19)21-11-14)12-3-6-15(7-4-12)25(2,22)23/h3-11H,1-2H3,(H2,19,21). The molecule has 2 N–H and O–H groups in total. The van der Waals surface area contributed by atoms with E-state index in [1.54, 1.807) is 49.8 Å². The number of hydrogen-bond donors (Lipinski definition) is 1. The fourth-order valence-electron chi connectivity index (χ4n) is 2.42. The molecule has 0 unspecified atom stereocenters. The molecule has 2 heterocycles. The lowest BCUT2D eigenvalue weighted by Gasteiger charge is -2.09. The van der Waals surface area contributed by atoms with Gasteiger partial charge in [0.2, 0.25) is 5.88 Å². The minimum absolute atomic E-state index is 0.262. The number of sulfone groups is 1. The predicted molar refractivity (Wildman–Crippen MR) is 97.0 cm³/mol. The van der Waals surface area contributed by atoms with Crippen molar-refractivity contribution in [3.8, 4) is 28.1 Å². The number of aromatic nitrogens is 2. The summed E-state index contributed by atoms with van der Waals surface area (Å²) in [4.78, 5) is 8.70. The highest BCUT2D eigenvalue weighted by molar-refractivity contribution is 7.90. The summed E-state index contributed by atoms with van der Waals surface area (Å²) in [5.74, 6) is 0.904. The average molecular weight is 355 g/mol. The second-order valence-corrected chi connectivity index (χ2v) is 7.56. The van der Waals surface area contributed by atoms with Crippen molar-refractivity contribution in [2.24, 2.45) is 0 Å². The van der Waals surface area contributed by atoms with Crippen LogP contribution in [0.4, 0.5) is 5.82 Å². The number of nitrogens with two attached hydrogens (primary N) is 1. The lowest BCUT2D eigenvalue weighted by atomic mass is 10.0. The van der Waals surface area contributed by atoms with Crippen LogP contribution in [-0.2, 0) is 9.84 Å². The van der Waals surface area contributed by atoms with Gasteiger partial charge < -0.3 is 10.5 Å². The van der Waals surface area contributed by atoms with E-state index in [-0.39, 0.29) is 4.90 Å². The van der Waals surface area contributed by atoms with E-state index >= 15 is 0 Å². The van der Waals surface area contributed by atoms with Gasteiger partial charge >= 0.3 is 0 Å². The van der Waals surface area contributed by atoms with Gasteiger partial charge in [-0.2, -0.15) is 0 Å². The Morgan fingerprint density at radius 1 is 0.920 bits per heavy atom. The van der Waals surface area contributed by atoms with Gasteiger partial charge in [-0.25, -0.2) is 18.4 Å². The summed E-state index contributed by atoms with van der Waals surface area (Å²) in [6.07, 6.45) is 4.55. The van der Waals surface area contributed by atoms with Crippen molar-refractivity contribution in [3.63, 3.8) is 0 Å². The molecule has 0 aliphatic rings. The van der Waals surface area contributed by atoms with Gasteiger partial charge in [0.15, 0.2) is 9.84 Å². The number of methoxy groups -OCH3 is 1. The van der Waals surface area contributed by atoms with E-state index in [2.05, 4.69) is 9.97 Å². The number of benzene rings is 1. The predicted octanol–water partition coefficient (Wildman–Crippen LogP) is 2.80. The van der Waals surface area contributed by atoms with E-state index in [0.717, 1.165) is 22.3 Å². The molecule has 25 heavy (non-hydrogen) atoms. The third kappa shape index (κ3) is 3.61. The normalized spacial score (nSPS) is 11.3. The van der Waals surface area contributed by atoms with Crippen LogP contribution < -0.4 is 10.5 Å². The summed E-state index contributed by atoms with van der Waals surface area (Å²) in [5, 5.41) is 0. The van der Waals surface area contributed by atoms with Crippen molar-refractivity contribution in [1.82, 2.24) is 9.97 Å². The number of ether oxygens (including phenoxy) is 1. The van der Waals surface area contributed by atoms with Crippen molar-refractivity contribution in [1.29, 1.82) is 0 Å². The zero-order valence-electron chi connectivity index (χ0n) is 13.8. The Hall–Kier alpha value is -2.93. The SMILES string of the molecule is COc1ccc(-c2cnc(N)c(-c3ccc(S(C)(=O)=O)cc3)c2)cn1. The second kappa shape index (κ2) is 6.52. The summed E-state index contributed by atoms with van der Waals surface area (Å²) in [7, 11) is -1.68. The Balaban J connectivity index is 2.01. The number of nitrogens with zero attached hydrogens (tertiary/aromatic N) is 2. The van der Waals surface area contributed by atoms with Crippen molar-refractivity contribution < 1.29 is 13.2 Å². The Kier molecular flexibility index (Phi) is 4.41. The van der Waals surface area contributed by atoms with Crippen LogP contribution in [0.5, 0.6) is 5.88 Å². The summed E-state index contributed by atoms with van der Waals surface area (Å²) in [5.41, 5.74) is 9.26. The fraction of sp³-hybridized carbons (Fsp3) is 0.111. The zero-order valence-corrected chi connectivity index (χ0v) is 14.6. The van der Waals surface area contributed by atoms with Crippen LogP contribution in [-0.4, -0.2) is 31.8 Å². The van der Waals surface area contributed by atoms with Crippen molar-refractivity contribution >= 4 is 15.7 Å². The molecule has 0 aliphatic carbocycles. The third-order valence-electron chi connectivity index (χ3n) is 3.79. The zero-order chi connectivity index (χ0) is 18.0. The third-order valence-corrected chi connectivity index (χ3v) is 4.92. The van der Waals surface area contributed by atoms with E-state index in [1.807, 2.05) is 12.1 Å². The molecule has 0 radical (unpaired) electrons. The largest absolute Gasteiger partial charge is 0.481 e. The topological polar surface area (TPSA) is 95.2 Å². The highest BCUT2D eigenvalue weighted by Crippen LogP contribution is 2.30. The van der Waals surface area contributed by atoms with Crippen LogP contribution in [0.2, 0.25) is 0 Å². The Morgan fingerprint density at radius 3 is 2.12 bits per heavy atom. The van der Waals surface area contributed by atoms with Gasteiger partial charge in [-0.15, -0.1) is 0 Å². The van der Waals surface area contributed by atoms with Gasteiger partial charge in [-0.1, -0.05) is 12.1 Å². The van der Waals surface area contributed by atoms with Gasteiger partial charge in [0.25, 0.3) is 0 Å². The summed E-state index contributed by atoms with van der Waals surface area (Å²) in [6.45, 7) is 0. The number of hydrogen-bond acceptors (Lipinski definition) is 6.